The van der Waals surface area contributed by atoms with Crippen LogP contribution in [0.2, 0.25) is 0 Å². The Hall–Kier alpha value is -2.16. The molecule has 0 atom stereocenters. The van der Waals surface area contributed by atoms with Gasteiger partial charge in [-0.25, -0.2) is 13.5 Å². The quantitative estimate of drug-likeness (QED) is 0.610. The number of nitrogens with zero attached hydrogens (tertiary/aromatic N) is 2. The molecule has 0 bridgehead atoms. The van der Waals surface area contributed by atoms with Gasteiger partial charge in [0.25, 0.3) is 0 Å². The van der Waals surface area contributed by atoms with Gasteiger partial charge in [0.1, 0.15) is 12.4 Å². The number of aromatic nitrogens is 2. The normalized spacial score (nSPS) is 11.0. The molecular weight excluding hydrogens is 227 g/mol. The lowest BCUT2D eigenvalue weighted by molar-refractivity contribution is -0.663. The average Bonchev–Trinajstić information content (AvgIpc) is 2.70. The van der Waals surface area contributed by atoms with Gasteiger partial charge in [0.15, 0.2) is 11.0 Å². The molecule has 0 radical (unpaired) electrons. The van der Waals surface area contributed by atoms with Crippen molar-refractivity contribution in [1.29, 1.82) is 0 Å². The van der Waals surface area contributed by atoms with E-state index in [4.69, 9.17) is 0 Å². The fourth-order valence-electron chi connectivity index (χ4n) is 2.25. The molecule has 2 aromatic carbocycles. The van der Waals surface area contributed by atoms with E-state index in [1.165, 1.54) is 23.2 Å². The highest BCUT2D eigenvalue weighted by Gasteiger charge is 2.12. The molecule has 0 N–H and O–H groups in total. The Morgan fingerprint density at radius 1 is 1.06 bits per heavy atom. The van der Waals surface area contributed by atoms with Gasteiger partial charge in [-0.3, -0.25) is 0 Å². The van der Waals surface area contributed by atoms with E-state index in [-0.39, 0.29) is 5.82 Å². The molecule has 0 aliphatic carbocycles. The summed E-state index contributed by atoms with van der Waals surface area (Å²) in [6, 6.07) is 14.9. The van der Waals surface area contributed by atoms with E-state index in [9.17, 15) is 4.39 Å². The summed E-state index contributed by atoms with van der Waals surface area (Å²) in [6.07, 6.45) is 2.06. The Balaban J connectivity index is 2.02. The molecule has 0 aliphatic rings. The third-order valence-electron chi connectivity index (χ3n) is 3.15. The first kappa shape index (κ1) is 11.0. The summed E-state index contributed by atoms with van der Waals surface area (Å²) < 4.78 is 17.1. The molecular formula is C15H14FN2+. The SMILES string of the molecule is Cn1c[n+](Cc2ccc(F)cc2)c2ccccc21. The van der Waals surface area contributed by atoms with Crippen molar-refractivity contribution < 1.29 is 8.96 Å². The molecule has 0 aliphatic heterocycles. The average molecular weight is 241 g/mol. The minimum atomic E-state index is -0.193. The van der Waals surface area contributed by atoms with Crippen molar-refractivity contribution in [2.24, 2.45) is 7.05 Å². The molecule has 1 aromatic heterocycles. The maximum atomic E-state index is 12.9. The zero-order chi connectivity index (χ0) is 12.5. The molecule has 0 unspecified atom stereocenters. The van der Waals surface area contributed by atoms with Crippen LogP contribution in [-0.4, -0.2) is 4.57 Å². The highest BCUT2D eigenvalue weighted by atomic mass is 19.1. The third-order valence-corrected chi connectivity index (χ3v) is 3.15. The predicted molar refractivity (Wildman–Crippen MR) is 68.6 cm³/mol. The van der Waals surface area contributed by atoms with Crippen molar-refractivity contribution in [3.63, 3.8) is 0 Å². The minimum absolute atomic E-state index is 0.193. The first-order chi connectivity index (χ1) is 8.74. The monoisotopic (exact) mass is 241 g/mol. The van der Waals surface area contributed by atoms with E-state index in [1.54, 1.807) is 0 Å². The topological polar surface area (TPSA) is 8.81 Å². The van der Waals surface area contributed by atoms with E-state index >= 15 is 0 Å². The predicted octanol–water partition coefficient (Wildman–Crippen LogP) is 2.65. The molecule has 18 heavy (non-hydrogen) atoms. The van der Waals surface area contributed by atoms with E-state index in [0.29, 0.717) is 0 Å². The Labute approximate surface area is 105 Å². The minimum Gasteiger partial charge on any atom is -0.233 e. The van der Waals surface area contributed by atoms with Crippen molar-refractivity contribution in [2.45, 2.75) is 6.54 Å². The lowest BCUT2D eigenvalue weighted by Crippen LogP contribution is -2.32. The highest BCUT2D eigenvalue weighted by molar-refractivity contribution is 5.71. The Kier molecular flexibility index (Phi) is 2.59. The van der Waals surface area contributed by atoms with Crippen LogP contribution >= 0.6 is 0 Å². The van der Waals surface area contributed by atoms with Crippen LogP contribution in [-0.2, 0) is 13.6 Å². The number of rotatable bonds is 2. The smallest absolute Gasteiger partial charge is 0.233 e. The molecule has 3 aromatic rings. The summed E-state index contributed by atoms with van der Waals surface area (Å²) in [5.41, 5.74) is 3.47. The van der Waals surface area contributed by atoms with Gasteiger partial charge in [-0.2, -0.15) is 0 Å². The number of fused-ring (bicyclic) bond motifs is 1. The van der Waals surface area contributed by atoms with Gasteiger partial charge in [-0.15, -0.1) is 0 Å². The maximum Gasteiger partial charge on any atom is 0.244 e. The zero-order valence-corrected chi connectivity index (χ0v) is 10.2. The molecule has 0 saturated carbocycles. The van der Waals surface area contributed by atoms with Crippen molar-refractivity contribution in [1.82, 2.24) is 4.57 Å². The highest BCUT2D eigenvalue weighted by Crippen LogP contribution is 2.10. The number of hydrogen-bond acceptors (Lipinski definition) is 0. The van der Waals surface area contributed by atoms with Gasteiger partial charge in [-0.1, -0.05) is 24.3 Å². The second-order valence-electron chi connectivity index (χ2n) is 4.47. The number of halogens is 1. The molecule has 0 saturated heterocycles. The first-order valence-electron chi connectivity index (χ1n) is 5.92. The fourth-order valence-corrected chi connectivity index (χ4v) is 2.25. The van der Waals surface area contributed by atoms with Crippen LogP contribution in [0.4, 0.5) is 4.39 Å². The summed E-state index contributed by atoms with van der Waals surface area (Å²) in [6.45, 7) is 0.752. The van der Waals surface area contributed by atoms with Crippen LogP contribution in [0.5, 0.6) is 0 Å². The van der Waals surface area contributed by atoms with Crippen molar-refractivity contribution in [2.75, 3.05) is 0 Å². The van der Waals surface area contributed by atoms with Crippen LogP contribution < -0.4 is 4.57 Å². The van der Waals surface area contributed by atoms with Gasteiger partial charge in [0, 0.05) is 0 Å². The number of hydrogen-bond donors (Lipinski definition) is 0. The van der Waals surface area contributed by atoms with Gasteiger partial charge in [-0.05, 0) is 29.8 Å². The number of aryl methyl sites for hydroxylation is 1. The second-order valence-corrected chi connectivity index (χ2v) is 4.47. The van der Waals surface area contributed by atoms with Crippen LogP contribution in [0.3, 0.4) is 0 Å². The molecule has 3 rings (SSSR count). The molecule has 3 heteroatoms. The molecule has 0 fully saturated rings. The molecule has 1 heterocycles. The van der Waals surface area contributed by atoms with E-state index in [0.717, 1.165) is 12.1 Å². The third kappa shape index (κ3) is 1.88. The zero-order valence-electron chi connectivity index (χ0n) is 10.2. The first-order valence-corrected chi connectivity index (χ1v) is 5.92. The summed E-state index contributed by atoms with van der Waals surface area (Å²) in [7, 11) is 2.03. The Morgan fingerprint density at radius 2 is 1.78 bits per heavy atom. The summed E-state index contributed by atoms with van der Waals surface area (Å²) in [4.78, 5) is 0. The van der Waals surface area contributed by atoms with Gasteiger partial charge >= 0.3 is 0 Å². The summed E-state index contributed by atoms with van der Waals surface area (Å²) >= 11 is 0. The fraction of sp³-hybridized carbons (Fsp3) is 0.133. The number of para-hydroxylation sites is 2. The molecule has 0 amide bonds. The largest absolute Gasteiger partial charge is 0.244 e. The second kappa shape index (κ2) is 4.26. The lowest BCUT2D eigenvalue weighted by Gasteiger charge is -1.98. The van der Waals surface area contributed by atoms with Crippen molar-refractivity contribution >= 4 is 11.0 Å². The summed E-state index contributed by atoms with van der Waals surface area (Å²) in [5.74, 6) is -0.193. The molecule has 2 nitrogen and oxygen atoms in total. The van der Waals surface area contributed by atoms with E-state index in [1.807, 2.05) is 31.3 Å². The van der Waals surface area contributed by atoms with E-state index in [2.05, 4.69) is 27.6 Å². The lowest BCUT2D eigenvalue weighted by atomic mass is 10.2. The van der Waals surface area contributed by atoms with Crippen molar-refractivity contribution in [3.05, 3.63) is 66.2 Å². The van der Waals surface area contributed by atoms with Gasteiger partial charge < -0.3 is 0 Å². The number of benzene rings is 2. The van der Waals surface area contributed by atoms with E-state index < -0.39 is 0 Å². The molecule has 0 spiro atoms. The van der Waals surface area contributed by atoms with Crippen LogP contribution in [0.25, 0.3) is 11.0 Å². The van der Waals surface area contributed by atoms with Crippen LogP contribution in [0, 0.1) is 5.82 Å². The number of imidazole rings is 1. The summed E-state index contributed by atoms with van der Waals surface area (Å²) in [5, 5.41) is 0. The van der Waals surface area contributed by atoms with Crippen molar-refractivity contribution in [3.8, 4) is 0 Å². The standard InChI is InChI=1S/C15H14FN2/c1-17-11-18(15-5-3-2-4-14(15)17)10-12-6-8-13(16)9-7-12/h2-9,11H,10H2,1H3/q+1. The van der Waals surface area contributed by atoms with Gasteiger partial charge in [0.2, 0.25) is 6.33 Å². The maximum absolute atomic E-state index is 12.9. The van der Waals surface area contributed by atoms with Crippen LogP contribution in [0.15, 0.2) is 54.9 Å². The van der Waals surface area contributed by atoms with Crippen LogP contribution in [0.1, 0.15) is 5.56 Å². The van der Waals surface area contributed by atoms with Gasteiger partial charge in [0.05, 0.1) is 7.05 Å². The Bertz CT molecular complexity index is 683. The molecule has 90 valence electrons. The Morgan fingerprint density at radius 3 is 2.56 bits per heavy atom.